The molecule has 120 valence electrons. The fraction of sp³-hybridized carbons (Fsp3) is 0.611. The Labute approximate surface area is 134 Å². The van der Waals surface area contributed by atoms with Crippen LogP contribution in [-0.2, 0) is 4.43 Å². The second kappa shape index (κ2) is 5.20. The van der Waals surface area contributed by atoms with Crippen molar-refractivity contribution in [3.63, 3.8) is 0 Å². The molecule has 2 aromatic rings. The van der Waals surface area contributed by atoms with Gasteiger partial charge in [0.1, 0.15) is 0 Å². The molecule has 1 fully saturated rings. The Morgan fingerprint density at radius 3 is 2.55 bits per heavy atom. The van der Waals surface area contributed by atoms with Crippen molar-refractivity contribution in [2.75, 3.05) is 0 Å². The maximum absolute atomic E-state index is 6.51. The molecule has 0 atom stereocenters. The minimum atomic E-state index is -1.65. The van der Waals surface area contributed by atoms with Crippen molar-refractivity contribution in [2.45, 2.75) is 70.8 Å². The van der Waals surface area contributed by atoms with E-state index in [1.807, 2.05) is 6.20 Å². The largest absolute Gasteiger partial charge is 0.414 e. The van der Waals surface area contributed by atoms with Crippen molar-refractivity contribution in [3.05, 3.63) is 30.0 Å². The van der Waals surface area contributed by atoms with E-state index in [0.717, 1.165) is 12.8 Å². The molecule has 1 aliphatic carbocycles. The zero-order chi connectivity index (χ0) is 16.1. The number of nitrogens with zero attached hydrogens (tertiary/aromatic N) is 2. The van der Waals surface area contributed by atoms with E-state index in [0.29, 0.717) is 12.1 Å². The highest BCUT2D eigenvalue weighted by Crippen LogP contribution is 2.43. The molecule has 0 radical (unpaired) electrons. The van der Waals surface area contributed by atoms with E-state index in [2.05, 4.69) is 68.8 Å². The number of hydrogen-bond acceptors (Lipinski definition) is 2. The molecule has 0 bridgehead atoms. The normalized spacial score (nSPS) is 22.8. The van der Waals surface area contributed by atoms with Crippen LogP contribution in [0.5, 0.6) is 0 Å². The van der Waals surface area contributed by atoms with Crippen LogP contribution in [0.1, 0.15) is 45.2 Å². The SMILES string of the molecule is Cc1cccc2cnn(C3CC(O[Si](C)(C)C(C)(C)C)C3)c12. The van der Waals surface area contributed by atoms with E-state index < -0.39 is 8.32 Å². The van der Waals surface area contributed by atoms with Gasteiger partial charge < -0.3 is 4.43 Å². The van der Waals surface area contributed by atoms with Crippen LogP contribution in [0.25, 0.3) is 10.9 Å². The van der Waals surface area contributed by atoms with E-state index in [1.54, 1.807) is 0 Å². The summed E-state index contributed by atoms with van der Waals surface area (Å²) in [5, 5.41) is 6.16. The van der Waals surface area contributed by atoms with Crippen LogP contribution in [-0.4, -0.2) is 24.2 Å². The van der Waals surface area contributed by atoms with Gasteiger partial charge in [-0.25, -0.2) is 0 Å². The molecule has 0 spiro atoms. The topological polar surface area (TPSA) is 27.1 Å². The lowest BCUT2D eigenvalue weighted by molar-refractivity contribution is 0.0546. The Morgan fingerprint density at radius 2 is 1.91 bits per heavy atom. The zero-order valence-corrected chi connectivity index (χ0v) is 15.7. The van der Waals surface area contributed by atoms with Gasteiger partial charge in [0.05, 0.1) is 17.8 Å². The molecular formula is C18H28N2OSi. The Kier molecular flexibility index (Phi) is 3.73. The third-order valence-electron chi connectivity index (χ3n) is 5.50. The monoisotopic (exact) mass is 316 g/mol. The molecule has 0 N–H and O–H groups in total. The van der Waals surface area contributed by atoms with Gasteiger partial charge >= 0.3 is 0 Å². The summed E-state index contributed by atoms with van der Waals surface area (Å²) in [7, 11) is -1.65. The zero-order valence-electron chi connectivity index (χ0n) is 14.7. The lowest BCUT2D eigenvalue weighted by Crippen LogP contribution is -2.47. The number of hydrogen-bond donors (Lipinski definition) is 0. The average molecular weight is 317 g/mol. The summed E-state index contributed by atoms with van der Waals surface area (Å²) in [4.78, 5) is 0. The van der Waals surface area contributed by atoms with Gasteiger partial charge in [0.15, 0.2) is 8.32 Å². The third kappa shape index (κ3) is 2.63. The molecule has 0 unspecified atom stereocenters. The first kappa shape index (κ1) is 15.8. The molecule has 4 heteroatoms. The van der Waals surface area contributed by atoms with Gasteiger partial charge in [0, 0.05) is 11.5 Å². The van der Waals surface area contributed by atoms with Crippen molar-refractivity contribution >= 4 is 19.2 Å². The number of fused-ring (bicyclic) bond motifs is 1. The van der Waals surface area contributed by atoms with Crippen molar-refractivity contribution in [1.82, 2.24) is 9.78 Å². The second-order valence-corrected chi connectivity index (χ2v) is 13.0. The van der Waals surface area contributed by atoms with Gasteiger partial charge in [0.2, 0.25) is 0 Å². The summed E-state index contributed by atoms with van der Waals surface area (Å²) in [6, 6.07) is 6.92. The Bertz CT molecular complexity index is 678. The highest BCUT2D eigenvalue weighted by molar-refractivity contribution is 6.74. The molecule has 1 heterocycles. The van der Waals surface area contributed by atoms with Crippen molar-refractivity contribution < 1.29 is 4.43 Å². The van der Waals surface area contributed by atoms with E-state index in [-0.39, 0.29) is 5.04 Å². The fourth-order valence-corrected chi connectivity index (χ4v) is 4.36. The molecule has 0 saturated heterocycles. The van der Waals surface area contributed by atoms with Gasteiger partial charge in [-0.1, -0.05) is 39.0 Å². The van der Waals surface area contributed by atoms with E-state index in [9.17, 15) is 0 Å². The summed E-state index contributed by atoms with van der Waals surface area (Å²) in [6.07, 6.45) is 4.59. The number of rotatable bonds is 3. The highest BCUT2D eigenvalue weighted by atomic mass is 28.4. The number of aromatic nitrogens is 2. The molecular weight excluding hydrogens is 288 g/mol. The van der Waals surface area contributed by atoms with Crippen LogP contribution in [0, 0.1) is 6.92 Å². The molecule has 3 nitrogen and oxygen atoms in total. The van der Waals surface area contributed by atoms with Crippen LogP contribution in [0.15, 0.2) is 24.4 Å². The quantitative estimate of drug-likeness (QED) is 0.739. The minimum absolute atomic E-state index is 0.285. The minimum Gasteiger partial charge on any atom is -0.414 e. The first-order valence-corrected chi connectivity index (χ1v) is 11.2. The predicted octanol–water partition coefficient (Wildman–Crippen LogP) is 5.07. The second-order valence-electron chi connectivity index (χ2n) is 8.23. The summed E-state index contributed by atoms with van der Waals surface area (Å²) < 4.78 is 8.73. The number of aryl methyl sites for hydroxylation is 1. The van der Waals surface area contributed by atoms with Crippen molar-refractivity contribution in [3.8, 4) is 0 Å². The molecule has 1 aromatic carbocycles. The molecule has 1 saturated carbocycles. The number of benzene rings is 1. The molecule has 0 amide bonds. The Hall–Kier alpha value is -1.13. The van der Waals surface area contributed by atoms with Crippen LogP contribution < -0.4 is 0 Å². The standard InChI is InChI=1S/C18H28N2OSi/c1-13-8-7-9-14-12-19-20(17(13)14)15-10-16(11-15)21-22(5,6)18(2,3)4/h7-9,12,15-16H,10-11H2,1-6H3. The van der Waals surface area contributed by atoms with Crippen LogP contribution >= 0.6 is 0 Å². The fourth-order valence-electron chi connectivity index (χ4n) is 2.99. The van der Waals surface area contributed by atoms with Gasteiger partial charge in [-0.3, -0.25) is 4.68 Å². The number of para-hydroxylation sites is 1. The van der Waals surface area contributed by atoms with Crippen molar-refractivity contribution in [2.24, 2.45) is 0 Å². The summed E-state index contributed by atoms with van der Waals surface area (Å²) in [5.41, 5.74) is 2.60. The van der Waals surface area contributed by atoms with E-state index >= 15 is 0 Å². The van der Waals surface area contributed by atoms with Gasteiger partial charge in [0.25, 0.3) is 0 Å². The van der Waals surface area contributed by atoms with Crippen molar-refractivity contribution in [1.29, 1.82) is 0 Å². The predicted molar refractivity (Wildman–Crippen MR) is 94.8 cm³/mol. The lowest BCUT2D eigenvalue weighted by atomic mass is 9.89. The van der Waals surface area contributed by atoms with Gasteiger partial charge in [-0.15, -0.1) is 0 Å². The smallest absolute Gasteiger partial charge is 0.192 e. The first-order chi connectivity index (χ1) is 10.2. The highest BCUT2D eigenvalue weighted by Gasteiger charge is 2.43. The molecule has 1 aliphatic rings. The molecule has 1 aromatic heterocycles. The summed E-state index contributed by atoms with van der Waals surface area (Å²) >= 11 is 0. The third-order valence-corrected chi connectivity index (χ3v) is 10.0. The first-order valence-electron chi connectivity index (χ1n) is 8.30. The van der Waals surface area contributed by atoms with E-state index in [1.165, 1.54) is 16.5 Å². The lowest BCUT2D eigenvalue weighted by Gasteiger charge is -2.45. The van der Waals surface area contributed by atoms with Gasteiger partial charge in [-0.05, 0) is 43.5 Å². The van der Waals surface area contributed by atoms with Crippen LogP contribution in [0.2, 0.25) is 18.1 Å². The van der Waals surface area contributed by atoms with Crippen LogP contribution in [0.3, 0.4) is 0 Å². The van der Waals surface area contributed by atoms with Gasteiger partial charge in [-0.2, -0.15) is 5.10 Å². The maximum atomic E-state index is 6.51. The Morgan fingerprint density at radius 1 is 1.23 bits per heavy atom. The average Bonchev–Trinajstić information content (AvgIpc) is 2.77. The van der Waals surface area contributed by atoms with Crippen LogP contribution in [0.4, 0.5) is 0 Å². The Balaban J connectivity index is 1.71. The maximum Gasteiger partial charge on any atom is 0.192 e. The summed E-state index contributed by atoms with van der Waals surface area (Å²) in [6.45, 7) is 13.8. The molecule has 22 heavy (non-hydrogen) atoms. The summed E-state index contributed by atoms with van der Waals surface area (Å²) in [5.74, 6) is 0. The molecule has 0 aliphatic heterocycles. The van der Waals surface area contributed by atoms with E-state index in [4.69, 9.17) is 4.43 Å². The molecule has 3 rings (SSSR count).